The summed E-state index contributed by atoms with van der Waals surface area (Å²) in [4.78, 5) is 14.5. The van der Waals surface area contributed by atoms with E-state index in [9.17, 15) is 4.39 Å². The molecule has 0 saturated carbocycles. The summed E-state index contributed by atoms with van der Waals surface area (Å²) in [5.41, 5.74) is 2.59. The summed E-state index contributed by atoms with van der Waals surface area (Å²) in [7, 11) is 0. The minimum Gasteiger partial charge on any atom is -0.486 e. The molecule has 31 heavy (non-hydrogen) atoms. The van der Waals surface area contributed by atoms with Gasteiger partial charge in [0.2, 0.25) is 12.4 Å². The smallest absolute Gasteiger partial charge is 0.238 e. The van der Waals surface area contributed by atoms with Crippen LogP contribution in [0.2, 0.25) is 0 Å². The van der Waals surface area contributed by atoms with E-state index in [0.717, 1.165) is 11.8 Å². The molecule has 0 spiro atoms. The number of fused-ring (bicyclic) bond motifs is 1. The second-order valence-electron chi connectivity index (χ2n) is 7.64. The molecule has 0 radical (unpaired) electrons. The van der Waals surface area contributed by atoms with Crippen LogP contribution in [0.15, 0.2) is 31.2 Å². The van der Waals surface area contributed by atoms with Gasteiger partial charge in [0.25, 0.3) is 0 Å². The third kappa shape index (κ3) is 3.38. The van der Waals surface area contributed by atoms with Gasteiger partial charge in [-0.15, -0.1) is 0 Å². The first kappa shape index (κ1) is 19.1. The Hall–Kier alpha value is -3.87. The van der Waals surface area contributed by atoms with Crippen LogP contribution in [0.4, 0.5) is 10.2 Å². The number of hydrogen-bond donors (Lipinski definition) is 1. The fourth-order valence-electron chi connectivity index (χ4n) is 3.83. The molecule has 2 aliphatic rings. The van der Waals surface area contributed by atoms with E-state index in [1.54, 1.807) is 16.9 Å². The molecule has 0 aliphatic carbocycles. The normalized spacial score (nSPS) is 20.4. The molecule has 10 heteroatoms. The fraction of sp³-hybridized carbons (Fsp3) is 0.333. The predicted molar refractivity (Wildman–Crippen MR) is 111 cm³/mol. The van der Waals surface area contributed by atoms with Crippen molar-refractivity contribution in [1.29, 1.82) is 0 Å². The van der Waals surface area contributed by atoms with Crippen LogP contribution in [0, 0.1) is 12.4 Å². The Kier molecular flexibility index (Phi) is 4.58. The van der Waals surface area contributed by atoms with Crippen molar-refractivity contribution in [2.45, 2.75) is 25.6 Å². The molecule has 0 saturated heterocycles. The van der Waals surface area contributed by atoms with E-state index in [1.165, 1.54) is 6.07 Å². The first-order valence-electron chi connectivity index (χ1n) is 9.87. The largest absolute Gasteiger partial charge is 0.486 e. The van der Waals surface area contributed by atoms with E-state index in [-0.39, 0.29) is 25.2 Å². The summed E-state index contributed by atoms with van der Waals surface area (Å²) in [5.74, 6) is 0.989. The Morgan fingerprint density at radius 1 is 1.35 bits per heavy atom. The van der Waals surface area contributed by atoms with E-state index < -0.39 is 5.82 Å². The minimum absolute atomic E-state index is 0.0911. The maximum absolute atomic E-state index is 14.1. The lowest BCUT2D eigenvalue weighted by molar-refractivity contribution is 0.258. The number of anilines is 1. The summed E-state index contributed by atoms with van der Waals surface area (Å²) in [6.07, 6.45) is 4.60. The van der Waals surface area contributed by atoms with Crippen LogP contribution in [-0.4, -0.2) is 51.4 Å². The number of aromatic nitrogens is 4. The molecule has 5 rings (SSSR count). The summed E-state index contributed by atoms with van der Waals surface area (Å²) >= 11 is 0. The lowest BCUT2D eigenvalue weighted by atomic mass is 10.1. The van der Waals surface area contributed by atoms with Crippen LogP contribution < -0.4 is 19.7 Å². The Bertz CT molecular complexity index is 1220. The van der Waals surface area contributed by atoms with Gasteiger partial charge < -0.3 is 24.5 Å². The van der Waals surface area contributed by atoms with Crippen molar-refractivity contribution in [3.05, 3.63) is 59.6 Å². The van der Waals surface area contributed by atoms with Crippen molar-refractivity contribution in [1.82, 2.24) is 24.9 Å². The van der Waals surface area contributed by atoms with Crippen LogP contribution in [-0.2, 0) is 6.54 Å². The number of rotatable bonds is 1. The summed E-state index contributed by atoms with van der Waals surface area (Å²) < 4.78 is 27.5. The fourth-order valence-corrected chi connectivity index (χ4v) is 3.83. The number of halogens is 1. The van der Waals surface area contributed by atoms with E-state index in [2.05, 4.69) is 26.8 Å². The zero-order valence-electron chi connectivity index (χ0n) is 16.9. The van der Waals surface area contributed by atoms with Crippen LogP contribution in [0.1, 0.15) is 18.1 Å². The SMILES string of the molecule is [C-]#[N+]C[C@@H]1COc2cn3ncc4c3nc2N1Cc1cc(F)cnc1OC[C@@H](C)NC4=C. The molecule has 2 atom stereocenters. The highest BCUT2D eigenvalue weighted by Crippen LogP contribution is 2.36. The second kappa shape index (κ2) is 7.43. The van der Waals surface area contributed by atoms with Crippen LogP contribution in [0.25, 0.3) is 16.2 Å². The Morgan fingerprint density at radius 2 is 2.23 bits per heavy atom. The maximum atomic E-state index is 14.1. The molecule has 0 unspecified atom stereocenters. The van der Waals surface area contributed by atoms with Crippen LogP contribution in [0.5, 0.6) is 11.6 Å². The van der Waals surface area contributed by atoms with E-state index in [4.69, 9.17) is 21.0 Å². The number of pyridine rings is 1. The van der Waals surface area contributed by atoms with Crippen molar-refractivity contribution >= 4 is 17.2 Å². The minimum atomic E-state index is -0.456. The van der Waals surface area contributed by atoms with Gasteiger partial charge in [0, 0.05) is 11.3 Å². The first-order chi connectivity index (χ1) is 15.0. The molecule has 2 bridgehead atoms. The van der Waals surface area contributed by atoms with Gasteiger partial charge in [-0.3, -0.25) is 0 Å². The number of nitrogens with one attached hydrogen (secondary N) is 1. The first-order valence-corrected chi connectivity index (χ1v) is 9.87. The number of hydrogen-bond acceptors (Lipinski definition) is 7. The molecule has 158 valence electrons. The Morgan fingerprint density at radius 3 is 3.06 bits per heavy atom. The topological polar surface area (TPSA) is 81.2 Å². The van der Waals surface area contributed by atoms with Crippen molar-refractivity contribution < 1.29 is 13.9 Å². The molecule has 0 fully saturated rings. The Labute approximate surface area is 177 Å². The van der Waals surface area contributed by atoms with Gasteiger partial charge in [-0.2, -0.15) is 5.10 Å². The van der Waals surface area contributed by atoms with Gasteiger partial charge in [-0.05, 0) is 13.0 Å². The molecule has 1 N–H and O–H groups in total. The molecule has 0 amide bonds. The average Bonchev–Trinajstić information content (AvgIpc) is 3.16. The lowest BCUT2D eigenvalue weighted by Crippen LogP contribution is -2.45. The second-order valence-corrected chi connectivity index (χ2v) is 7.64. The molecule has 5 heterocycles. The summed E-state index contributed by atoms with van der Waals surface area (Å²) in [6.45, 7) is 14.5. The lowest BCUT2D eigenvalue weighted by Gasteiger charge is -2.35. The van der Waals surface area contributed by atoms with Crippen LogP contribution in [0.3, 0.4) is 0 Å². The summed E-state index contributed by atoms with van der Waals surface area (Å²) in [5, 5.41) is 7.68. The summed E-state index contributed by atoms with van der Waals surface area (Å²) in [6, 6.07) is 1.06. The van der Waals surface area contributed by atoms with E-state index in [0.29, 0.717) is 47.6 Å². The third-order valence-corrected chi connectivity index (χ3v) is 5.34. The van der Waals surface area contributed by atoms with E-state index in [1.807, 2.05) is 11.8 Å². The van der Waals surface area contributed by atoms with Crippen molar-refractivity contribution in [3.8, 4) is 11.6 Å². The average molecular weight is 421 g/mol. The number of ether oxygens (including phenoxy) is 2. The monoisotopic (exact) mass is 421 g/mol. The van der Waals surface area contributed by atoms with Crippen molar-refractivity contribution in [3.63, 3.8) is 0 Å². The van der Waals surface area contributed by atoms with E-state index >= 15 is 0 Å². The quantitative estimate of drug-likeness (QED) is 0.604. The number of nitrogens with zero attached hydrogens (tertiary/aromatic N) is 6. The molecule has 2 aliphatic heterocycles. The van der Waals surface area contributed by atoms with Gasteiger partial charge in [0.1, 0.15) is 25.1 Å². The van der Waals surface area contributed by atoms with Crippen LogP contribution >= 0.6 is 0 Å². The standard InChI is InChI=1S/C21H20FN7O2/c1-12-10-31-21-14(4-15(22)5-24-21)8-28-16(6-23-3)11-30-18-9-29-19(27-20(18)28)17(7-25-29)13(2)26-12/h4-5,7,9,12,16,26H,2,6,8,10-11H2,1H3/t12-,16-/m1/s1. The van der Waals surface area contributed by atoms with Gasteiger partial charge >= 0.3 is 0 Å². The zero-order valence-corrected chi connectivity index (χ0v) is 16.9. The maximum Gasteiger partial charge on any atom is 0.238 e. The molecular weight excluding hydrogens is 401 g/mol. The molecule has 3 aromatic heterocycles. The highest BCUT2D eigenvalue weighted by atomic mass is 19.1. The molecule has 0 aromatic carbocycles. The molecular formula is C21H20FN7O2. The highest BCUT2D eigenvalue weighted by Gasteiger charge is 2.33. The Balaban J connectivity index is 1.70. The van der Waals surface area contributed by atoms with Gasteiger partial charge in [0.15, 0.2) is 17.2 Å². The highest BCUT2D eigenvalue weighted by molar-refractivity contribution is 5.75. The predicted octanol–water partition coefficient (Wildman–Crippen LogP) is 2.29. The van der Waals surface area contributed by atoms with Crippen molar-refractivity contribution in [2.75, 3.05) is 24.7 Å². The molecule has 9 nitrogen and oxygen atoms in total. The van der Waals surface area contributed by atoms with Gasteiger partial charge in [0.05, 0.1) is 36.7 Å². The third-order valence-electron chi connectivity index (χ3n) is 5.34. The zero-order chi connectivity index (χ0) is 21.5. The van der Waals surface area contributed by atoms with Gasteiger partial charge in [-0.25, -0.2) is 25.4 Å². The van der Waals surface area contributed by atoms with Crippen molar-refractivity contribution in [2.24, 2.45) is 0 Å². The van der Waals surface area contributed by atoms with Gasteiger partial charge in [-0.1, -0.05) is 6.58 Å². The molecule has 3 aromatic rings.